The Hall–Kier alpha value is -2.91. The van der Waals surface area contributed by atoms with Crippen molar-refractivity contribution >= 4 is 46.0 Å². The lowest BCUT2D eigenvalue weighted by atomic mass is 10.0. The van der Waals surface area contributed by atoms with Gasteiger partial charge in [-0.25, -0.2) is 4.79 Å². The molecule has 0 aliphatic rings. The van der Waals surface area contributed by atoms with Gasteiger partial charge in [0.15, 0.2) is 0 Å². The average molecular weight is 498 g/mol. The number of ether oxygens (including phenoxy) is 1. The summed E-state index contributed by atoms with van der Waals surface area (Å²) in [7, 11) is 0. The molecule has 0 saturated heterocycles. The highest BCUT2D eigenvalue weighted by Crippen LogP contribution is 2.38. The first-order valence-corrected chi connectivity index (χ1v) is 10.8. The summed E-state index contributed by atoms with van der Waals surface area (Å²) in [6.07, 6.45) is 0. The van der Waals surface area contributed by atoms with Crippen LogP contribution in [0.25, 0.3) is 10.8 Å². The second-order valence-corrected chi connectivity index (χ2v) is 9.19. The Balaban J connectivity index is 1.94. The maximum atomic E-state index is 12.9. The number of hydrogen-bond donors (Lipinski definition) is 2. The minimum atomic E-state index is -4.38. The molecule has 0 radical (unpaired) electrons. The van der Waals surface area contributed by atoms with Crippen LogP contribution in [0.4, 0.5) is 13.2 Å². The van der Waals surface area contributed by atoms with Crippen molar-refractivity contribution < 1.29 is 32.6 Å². The first-order chi connectivity index (χ1) is 15.4. The van der Waals surface area contributed by atoms with Gasteiger partial charge in [-0.05, 0) is 49.4 Å². The van der Waals surface area contributed by atoms with E-state index in [0.29, 0.717) is 16.3 Å². The van der Waals surface area contributed by atoms with Gasteiger partial charge in [0.1, 0.15) is 17.9 Å². The predicted molar refractivity (Wildman–Crippen MR) is 121 cm³/mol. The summed E-state index contributed by atoms with van der Waals surface area (Å²) in [4.78, 5) is 24.4. The molecular formula is C23H19ClF3NO4S. The van der Waals surface area contributed by atoms with Crippen molar-refractivity contribution in [1.29, 1.82) is 0 Å². The van der Waals surface area contributed by atoms with Crippen LogP contribution in [0, 0.1) is 0 Å². The van der Waals surface area contributed by atoms with E-state index in [2.05, 4.69) is 5.32 Å². The molecule has 0 aliphatic heterocycles. The Labute approximate surface area is 196 Å². The number of carbonyl (C=O) groups excluding carboxylic acids is 1. The molecule has 0 aliphatic carbocycles. The van der Waals surface area contributed by atoms with Crippen molar-refractivity contribution in [2.75, 3.05) is 0 Å². The number of benzene rings is 3. The van der Waals surface area contributed by atoms with E-state index in [9.17, 15) is 27.9 Å². The van der Waals surface area contributed by atoms with Crippen LogP contribution >= 0.6 is 23.4 Å². The number of hydrogen-bond acceptors (Lipinski definition) is 4. The van der Waals surface area contributed by atoms with Crippen molar-refractivity contribution in [3.05, 3.63) is 70.7 Å². The summed E-state index contributed by atoms with van der Waals surface area (Å²) in [6, 6.07) is 14.0. The number of alkyl halides is 3. The molecule has 5 nitrogen and oxygen atoms in total. The van der Waals surface area contributed by atoms with E-state index < -0.39 is 22.9 Å². The molecule has 0 spiro atoms. The zero-order chi connectivity index (χ0) is 24.4. The summed E-state index contributed by atoms with van der Waals surface area (Å²) in [5, 5.41) is 13.2. The lowest BCUT2D eigenvalue weighted by molar-refractivity contribution is -0.143. The van der Waals surface area contributed by atoms with Crippen molar-refractivity contribution in [2.24, 2.45) is 0 Å². The van der Waals surface area contributed by atoms with Gasteiger partial charge in [-0.3, -0.25) is 4.79 Å². The van der Waals surface area contributed by atoms with Gasteiger partial charge in [-0.2, -0.15) is 13.2 Å². The van der Waals surface area contributed by atoms with Crippen LogP contribution in [0.5, 0.6) is 5.75 Å². The lowest BCUT2D eigenvalue weighted by Gasteiger charge is -2.22. The van der Waals surface area contributed by atoms with E-state index in [1.165, 1.54) is 44.2 Å². The van der Waals surface area contributed by atoms with Gasteiger partial charge in [0.2, 0.25) is 0 Å². The number of aliphatic carboxylic acids is 1. The fraction of sp³-hybridized carbons (Fsp3) is 0.217. The second kappa shape index (κ2) is 9.52. The Morgan fingerprint density at radius 2 is 1.67 bits per heavy atom. The summed E-state index contributed by atoms with van der Waals surface area (Å²) < 4.78 is 43.5. The summed E-state index contributed by atoms with van der Waals surface area (Å²) in [6.45, 7) is 2.65. The van der Waals surface area contributed by atoms with Gasteiger partial charge in [0.25, 0.3) is 5.91 Å². The van der Waals surface area contributed by atoms with Gasteiger partial charge >= 0.3 is 11.5 Å². The minimum Gasteiger partial charge on any atom is -0.487 e. The average Bonchev–Trinajstić information content (AvgIpc) is 2.72. The zero-order valence-corrected chi connectivity index (χ0v) is 19.1. The molecule has 0 aromatic heterocycles. The maximum absolute atomic E-state index is 12.9. The van der Waals surface area contributed by atoms with Crippen LogP contribution in [-0.2, 0) is 11.4 Å². The van der Waals surface area contributed by atoms with E-state index >= 15 is 0 Å². The van der Waals surface area contributed by atoms with Crippen molar-refractivity contribution in [3.8, 4) is 5.75 Å². The molecule has 3 aromatic carbocycles. The number of thioether (sulfide) groups is 1. The fourth-order valence-corrected chi connectivity index (χ4v) is 3.79. The van der Waals surface area contributed by atoms with Gasteiger partial charge in [0.05, 0.1) is 5.56 Å². The Morgan fingerprint density at radius 3 is 2.24 bits per heavy atom. The third-order valence-corrected chi connectivity index (χ3v) is 5.74. The number of amides is 1. The molecule has 0 heterocycles. The molecule has 0 bridgehead atoms. The van der Waals surface area contributed by atoms with E-state index in [0.717, 1.165) is 0 Å². The summed E-state index contributed by atoms with van der Waals surface area (Å²) in [5.41, 5.74) is -5.31. The van der Waals surface area contributed by atoms with E-state index in [1.54, 1.807) is 24.3 Å². The molecule has 10 heteroatoms. The summed E-state index contributed by atoms with van der Waals surface area (Å²) >= 11 is 6.14. The molecule has 33 heavy (non-hydrogen) atoms. The highest BCUT2D eigenvalue weighted by Gasteiger charge is 2.31. The normalized spacial score (nSPS) is 11.9. The number of halogens is 4. The molecular weight excluding hydrogens is 479 g/mol. The molecule has 2 N–H and O–H groups in total. The highest BCUT2D eigenvalue weighted by molar-refractivity contribution is 8.00. The van der Waals surface area contributed by atoms with Crippen LogP contribution in [-0.4, -0.2) is 28.0 Å². The van der Waals surface area contributed by atoms with E-state index in [-0.39, 0.29) is 39.6 Å². The fourth-order valence-electron chi connectivity index (χ4n) is 2.98. The standard InChI is InChI=1S/C23H19ClF3NO4S/c1-22(2,21(30)31)28-20(29)17-11-18(24)15-5-3-4-6-16(15)19(17)32-12-13-7-9-14(10-8-13)33-23(25,26)27/h3-11H,12H2,1-2H3,(H,28,29)(H,30,31). The minimum absolute atomic E-state index is 0.0365. The Bertz CT molecular complexity index is 1200. The van der Waals surface area contributed by atoms with Crippen LogP contribution in [0.3, 0.4) is 0 Å². The van der Waals surface area contributed by atoms with Gasteiger partial charge in [-0.1, -0.05) is 48.0 Å². The number of carboxylic acid groups (broad SMARTS) is 1. The maximum Gasteiger partial charge on any atom is 0.446 e. The van der Waals surface area contributed by atoms with Crippen LogP contribution in [0.1, 0.15) is 29.8 Å². The molecule has 174 valence electrons. The van der Waals surface area contributed by atoms with Gasteiger partial charge in [0, 0.05) is 20.7 Å². The number of rotatable bonds is 7. The quantitative estimate of drug-likeness (QED) is 0.376. The monoisotopic (exact) mass is 497 g/mol. The molecule has 0 atom stereocenters. The number of carboxylic acids is 1. The second-order valence-electron chi connectivity index (χ2n) is 7.65. The predicted octanol–water partition coefficient (Wildman–Crippen LogP) is 6.28. The Morgan fingerprint density at radius 1 is 1.06 bits per heavy atom. The number of fused-ring (bicyclic) bond motifs is 1. The first-order valence-electron chi connectivity index (χ1n) is 9.62. The highest BCUT2D eigenvalue weighted by atomic mass is 35.5. The van der Waals surface area contributed by atoms with Gasteiger partial charge < -0.3 is 15.2 Å². The third kappa shape index (κ3) is 6.11. The van der Waals surface area contributed by atoms with Crippen molar-refractivity contribution in [2.45, 2.75) is 36.4 Å². The smallest absolute Gasteiger partial charge is 0.446 e. The summed E-state index contributed by atoms with van der Waals surface area (Å²) in [5.74, 6) is -1.73. The Kier molecular flexibility index (Phi) is 7.14. The molecule has 3 rings (SSSR count). The molecule has 0 saturated carbocycles. The third-order valence-electron chi connectivity index (χ3n) is 4.69. The number of carbonyl (C=O) groups is 2. The van der Waals surface area contributed by atoms with Crippen molar-refractivity contribution in [3.63, 3.8) is 0 Å². The van der Waals surface area contributed by atoms with E-state index in [4.69, 9.17) is 16.3 Å². The number of nitrogens with one attached hydrogen (secondary N) is 1. The molecule has 1 amide bonds. The molecule has 0 unspecified atom stereocenters. The zero-order valence-electron chi connectivity index (χ0n) is 17.5. The lowest BCUT2D eigenvalue weighted by Crippen LogP contribution is -2.49. The van der Waals surface area contributed by atoms with Crippen LogP contribution < -0.4 is 10.1 Å². The van der Waals surface area contributed by atoms with Crippen LogP contribution in [0.2, 0.25) is 5.02 Å². The van der Waals surface area contributed by atoms with E-state index in [1.807, 2.05) is 0 Å². The van der Waals surface area contributed by atoms with Gasteiger partial charge in [-0.15, -0.1) is 0 Å². The molecule has 0 fully saturated rings. The topological polar surface area (TPSA) is 75.6 Å². The largest absolute Gasteiger partial charge is 0.487 e. The SMILES string of the molecule is CC(C)(NC(=O)c1cc(Cl)c2ccccc2c1OCc1ccc(SC(F)(F)F)cc1)C(=O)O. The first kappa shape index (κ1) is 24.7. The molecule has 3 aromatic rings. The van der Waals surface area contributed by atoms with Crippen LogP contribution in [0.15, 0.2) is 59.5 Å². The van der Waals surface area contributed by atoms with Crippen molar-refractivity contribution in [1.82, 2.24) is 5.32 Å².